The summed E-state index contributed by atoms with van der Waals surface area (Å²) < 4.78 is 36.5. The van der Waals surface area contributed by atoms with Crippen molar-refractivity contribution in [2.45, 2.75) is 36.9 Å². The average Bonchev–Trinajstić information content (AvgIpc) is 3.06. The summed E-state index contributed by atoms with van der Waals surface area (Å²) in [5, 5.41) is 6.04. The van der Waals surface area contributed by atoms with E-state index in [-0.39, 0.29) is 4.90 Å². The Hall–Kier alpha value is -2.23. The first-order valence-corrected chi connectivity index (χ1v) is 12.0. The fraction of sp³-hybridized carbons (Fsp3) is 0.350. The van der Waals surface area contributed by atoms with Gasteiger partial charge in [-0.3, -0.25) is 0 Å². The Labute approximate surface area is 175 Å². The molecule has 1 heterocycles. The van der Waals surface area contributed by atoms with Crippen LogP contribution < -0.4 is 14.6 Å². The minimum atomic E-state index is -3.75. The highest BCUT2D eigenvalue weighted by atomic mass is 32.2. The molecule has 9 heteroatoms. The van der Waals surface area contributed by atoms with Gasteiger partial charge in [0.1, 0.15) is 11.5 Å². The van der Waals surface area contributed by atoms with E-state index in [2.05, 4.69) is 11.9 Å². The van der Waals surface area contributed by atoms with E-state index >= 15 is 0 Å². The van der Waals surface area contributed by atoms with Crippen molar-refractivity contribution in [3.8, 4) is 11.5 Å². The van der Waals surface area contributed by atoms with Crippen LogP contribution in [0.4, 0.5) is 0 Å². The van der Waals surface area contributed by atoms with Crippen LogP contribution in [0, 0.1) is 0 Å². The molecule has 3 aromatic rings. The third kappa shape index (κ3) is 5.43. The summed E-state index contributed by atoms with van der Waals surface area (Å²) >= 11 is 1.57. The molecule has 0 radical (unpaired) electrons. The molecule has 3 rings (SSSR count). The molecule has 0 aliphatic rings. The van der Waals surface area contributed by atoms with Crippen LogP contribution in [0.15, 0.2) is 52.5 Å². The first kappa shape index (κ1) is 21.5. The van der Waals surface area contributed by atoms with E-state index in [1.807, 2.05) is 35.8 Å². The standard InChI is InChI=1S/C20H25N3O4S2/c1-3-11-26-15-5-7-16(8-6-15)27-12-13-28-20-22-18-14-17(29(21,24)25)9-10-19(18)23(20)4-2/h5-10,14H,3-4,11-13H2,1-2H3,(H2,21,24,25). The molecule has 0 aliphatic heterocycles. The minimum absolute atomic E-state index is 0.0667. The van der Waals surface area contributed by atoms with Crippen molar-refractivity contribution >= 4 is 32.8 Å². The van der Waals surface area contributed by atoms with Crippen molar-refractivity contribution in [2.24, 2.45) is 5.14 Å². The van der Waals surface area contributed by atoms with Gasteiger partial charge in [-0.25, -0.2) is 18.5 Å². The van der Waals surface area contributed by atoms with E-state index in [4.69, 9.17) is 14.6 Å². The van der Waals surface area contributed by atoms with Crippen molar-refractivity contribution in [1.29, 1.82) is 0 Å². The number of sulfonamides is 1. The summed E-state index contributed by atoms with van der Waals surface area (Å²) in [5.74, 6) is 2.33. The van der Waals surface area contributed by atoms with Crippen molar-refractivity contribution in [2.75, 3.05) is 19.0 Å². The van der Waals surface area contributed by atoms with Gasteiger partial charge in [-0.15, -0.1) is 0 Å². The Morgan fingerprint density at radius 2 is 1.69 bits per heavy atom. The second kappa shape index (κ2) is 9.51. The van der Waals surface area contributed by atoms with Gasteiger partial charge in [0.05, 0.1) is 29.1 Å². The number of hydrogen-bond donors (Lipinski definition) is 1. The molecule has 0 spiro atoms. The normalized spacial score (nSPS) is 11.7. The van der Waals surface area contributed by atoms with Crippen LogP contribution >= 0.6 is 11.8 Å². The number of primary sulfonamides is 1. The lowest BCUT2D eigenvalue weighted by atomic mass is 10.3. The summed E-state index contributed by atoms with van der Waals surface area (Å²) in [5.41, 5.74) is 1.50. The SMILES string of the molecule is CCCOc1ccc(OCCSc2nc3cc(S(N)(=O)=O)ccc3n2CC)cc1. The molecule has 2 aromatic carbocycles. The second-order valence-corrected chi connectivity index (χ2v) is 8.97. The maximum absolute atomic E-state index is 11.6. The molecule has 1 aromatic heterocycles. The van der Waals surface area contributed by atoms with Crippen LogP contribution in [0.5, 0.6) is 11.5 Å². The molecule has 0 unspecified atom stereocenters. The Kier molecular flexibility index (Phi) is 7.05. The summed E-state index contributed by atoms with van der Waals surface area (Å²) in [7, 11) is -3.75. The molecule has 2 N–H and O–H groups in total. The van der Waals surface area contributed by atoms with Gasteiger partial charge in [0.2, 0.25) is 10.0 Å². The molecule has 0 saturated heterocycles. The predicted molar refractivity (Wildman–Crippen MR) is 115 cm³/mol. The zero-order chi connectivity index (χ0) is 20.9. The van der Waals surface area contributed by atoms with Gasteiger partial charge in [-0.05, 0) is 55.8 Å². The topological polar surface area (TPSA) is 96.4 Å². The Bertz CT molecular complexity index is 1060. The van der Waals surface area contributed by atoms with Gasteiger partial charge in [-0.1, -0.05) is 18.7 Å². The van der Waals surface area contributed by atoms with Gasteiger partial charge >= 0.3 is 0 Å². The lowest BCUT2D eigenvalue weighted by Gasteiger charge is -2.09. The number of rotatable bonds is 10. The molecular formula is C20H25N3O4S2. The molecule has 0 saturated carbocycles. The Balaban J connectivity index is 1.61. The fourth-order valence-electron chi connectivity index (χ4n) is 2.82. The lowest BCUT2D eigenvalue weighted by molar-refractivity contribution is 0.314. The minimum Gasteiger partial charge on any atom is -0.494 e. The predicted octanol–water partition coefficient (Wildman–Crippen LogP) is 3.66. The van der Waals surface area contributed by atoms with Gasteiger partial charge in [0, 0.05) is 12.3 Å². The lowest BCUT2D eigenvalue weighted by Crippen LogP contribution is -2.11. The van der Waals surface area contributed by atoms with Gasteiger partial charge in [0.25, 0.3) is 0 Å². The quantitative estimate of drug-likeness (QED) is 0.386. The molecule has 7 nitrogen and oxygen atoms in total. The zero-order valence-electron chi connectivity index (χ0n) is 16.5. The van der Waals surface area contributed by atoms with Crippen LogP contribution in [-0.2, 0) is 16.6 Å². The maximum Gasteiger partial charge on any atom is 0.238 e. The summed E-state index contributed by atoms with van der Waals surface area (Å²) in [6.07, 6.45) is 0.974. The van der Waals surface area contributed by atoms with Crippen LogP contribution in [0.1, 0.15) is 20.3 Å². The fourth-order valence-corrected chi connectivity index (χ4v) is 4.25. The highest BCUT2D eigenvalue weighted by Crippen LogP contribution is 2.26. The van der Waals surface area contributed by atoms with E-state index in [1.165, 1.54) is 12.1 Å². The highest BCUT2D eigenvalue weighted by Gasteiger charge is 2.14. The monoisotopic (exact) mass is 435 g/mol. The van der Waals surface area contributed by atoms with E-state index in [9.17, 15) is 8.42 Å². The van der Waals surface area contributed by atoms with Crippen LogP contribution in [-0.4, -0.2) is 36.9 Å². The molecule has 0 aliphatic carbocycles. The molecule has 0 amide bonds. The van der Waals surface area contributed by atoms with Crippen molar-refractivity contribution < 1.29 is 17.9 Å². The number of benzene rings is 2. The van der Waals surface area contributed by atoms with E-state index < -0.39 is 10.0 Å². The Morgan fingerprint density at radius 1 is 1.03 bits per heavy atom. The summed E-state index contributed by atoms with van der Waals surface area (Å²) in [6.45, 7) is 6.05. The van der Waals surface area contributed by atoms with Crippen LogP contribution in [0.2, 0.25) is 0 Å². The average molecular weight is 436 g/mol. The molecular weight excluding hydrogens is 410 g/mol. The number of nitrogens with zero attached hydrogens (tertiary/aromatic N) is 2. The number of aryl methyl sites for hydroxylation is 1. The number of hydrogen-bond acceptors (Lipinski definition) is 6. The number of nitrogens with two attached hydrogens (primary N) is 1. The smallest absolute Gasteiger partial charge is 0.238 e. The number of ether oxygens (including phenoxy) is 2. The molecule has 156 valence electrons. The molecule has 0 bridgehead atoms. The molecule has 29 heavy (non-hydrogen) atoms. The van der Waals surface area contributed by atoms with E-state index in [0.717, 1.165) is 35.1 Å². The first-order valence-electron chi connectivity index (χ1n) is 9.44. The van der Waals surface area contributed by atoms with Crippen molar-refractivity contribution in [3.05, 3.63) is 42.5 Å². The largest absolute Gasteiger partial charge is 0.494 e. The highest BCUT2D eigenvalue weighted by molar-refractivity contribution is 7.99. The van der Waals surface area contributed by atoms with Gasteiger partial charge in [0.15, 0.2) is 5.16 Å². The molecule has 0 atom stereocenters. The van der Waals surface area contributed by atoms with E-state index in [0.29, 0.717) is 24.5 Å². The van der Waals surface area contributed by atoms with Gasteiger partial charge in [-0.2, -0.15) is 0 Å². The molecule has 0 fully saturated rings. The number of imidazole rings is 1. The summed E-state index contributed by atoms with van der Waals surface area (Å²) in [6, 6.07) is 12.4. The van der Waals surface area contributed by atoms with Crippen LogP contribution in [0.25, 0.3) is 11.0 Å². The third-order valence-corrected chi connectivity index (χ3v) is 6.06. The van der Waals surface area contributed by atoms with Crippen molar-refractivity contribution in [1.82, 2.24) is 9.55 Å². The van der Waals surface area contributed by atoms with Gasteiger partial charge < -0.3 is 14.0 Å². The third-order valence-electron chi connectivity index (χ3n) is 4.21. The number of fused-ring (bicyclic) bond motifs is 1. The number of aromatic nitrogens is 2. The number of thioether (sulfide) groups is 1. The van der Waals surface area contributed by atoms with Crippen LogP contribution in [0.3, 0.4) is 0 Å². The second-order valence-electron chi connectivity index (χ2n) is 6.35. The zero-order valence-corrected chi connectivity index (χ0v) is 18.1. The van der Waals surface area contributed by atoms with E-state index in [1.54, 1.807) is 17.8 Å². The van der Waals surface area contributed by atoms with Crippen molar-refractivity contribution in [3.63, 3.8) is 0 Å². The maximum atomic E-state index is 11.6. The summed E-state index contributed by atoms with van der Waals surface area (Å²) in [4.78, 5) is 4.64. The first-order chi connectivity index (χ1) is 13.9. The Morgan fingerprint density at radius 3 is 2.28 bits per heavy atom.